The van der Waals surface area contributed by atoms with E-state index < -0.39 is 0 Å². The summed E-state index contributed by atoms with van der Waals surface area (Å²) in [4.78, 5) is 19.5. The summed E-state index contributed by atoms with van der Waals surface area (Å²) in [6, 6.07) is 12.8. The number of hydrogen-bond donors (Lipinski definition) is 1. The summed E-state index contributed by atoms with van der Waals surface area (Å²) in [6.07, 6.45) is 0.137. The van der Waals surface area contributed by atoms with Gasteiger partial charge < -0.3 is 24.2 Å². The number of morpholine rings is 1. The molecule has 4 rings (SSSR count). The van der Waals surface area contributed by atoms with Crippen molar-refractivity contribution in [1.82, 2.24) is 14.7 Å². The van der Waals surface area contributed by atoms with Gasteiger partial charge in [-0.2, -0.15) is 0 Å². The smallest absolute Gasteiger partial charge is 0.254 e. The molecule has 0 bridgehead atoms. The van der Waals surface area contributed by atoms with Gasteiger partial charge in [0.2, 0.25) is 0 Å². The average Bonchev–Trinajstić information content (AvgIpc) is 2.85. The molecule has 1 N–H and O–H groups in total. The molecule has 1 atom stereocenters. The van der Waals surface area contributed by atoms with Crippen molar-refractivity contribution in [2.24, 2.45) is 0 Å². The van der Waals surface area contributed by atoms with Crippen LogP contribution in [0, 0.1) is 0 Å². The van der Waals surface area contributed by atoms with Crippen molar-refractivity contribution in [2.75, 3.05) is 66.6 Å². The Kier molecular flexibility index (Phi) is 7.69. The number of benzene rings is 2. The average molecular weight is 456 g/mol. The van der Waals surface area contributed by atoms with E-state index in [1.165, 1.54) is 0 Å². The molecule has 2 aliphatic heterocycles. The van der Waals surface area contributed by atoms with Gasteiger partial charge >= 0.3 is 0 Å². The fourth-order valence-corrected chi connectivity index (χ4v) is 4.47. The lowest BCUT2D eigenvalue weighted by atomic mass is 10.1. The number of phenolic OH excluding ortho intramolecular Hbond substituents is 1. The van der Waals surface area contributed by atoms with E-state index in [-0.39, 0.29) is 17.8 Å². The fourth-order valence-electron chi connectivity index (χ4n) is 4.47. The van der Waals surface area contributed by atoms with Crippen molar-refractivity contribution in [3.8, 4) is 17.2 Å². The van der Waals surface area contributed by atoms with E-state index in [0.29, 0.717) is 36.8 Å². The third-order valence-corrected chi connectivity index (χ3v) is 6.31. The van der Waals surface area contributed by atoms with E-state index in [1.807, 2.05) is 35.2 Å². The Bertz CT molecular complexity index is 945. The lowest BCUT2D eigenvalue weighted by molar-refractivity contribution is -0.0497. The van der Waals surface area contributed by atoms with Gasteiger partial charge in [-0.1, -0.05) is 12.1 Å². The van der Waals surface area contributed by atoms with Crippen LogP contribution in [0.1, 0.15) is 15.9 Å². The van der Waals surface area contributed by atoms with E-state index in [0.717, 1.165) is 44.8 Å². The van der Waals surface area contributed by atoms with E-state index in [9.17, 15) is 9.90 Å². The molecule has 8 heteroatoms. The number of carbonyl (C=O) groups is 1. The number of amides is 1. The molecule has 2 saturated heterocycles. The predicted octanol–water partition coefficient (Wildman–Crippen LogP) is 2.07. The molecule has 0 saturated carbocycles. The highest BCUT2D eigenvalue weighted by Gasteiger charge is 2.27. The summed E-state index contributed by atoms with van der Waals surface area (Å²) in [5, 5.41) is 9.81. The largest absolute Gasteiger partial charge is 0.504 e. The summed E-state index contributed by atoms with van der Waals surface area (Å²) in [6.45, 7) is 7.17. The molecule has 0 aromatic heterocycles. The highest BCUT2D eigenvalue weighted by molar-refractivity contribution is 5.94. The van der Waals surface area contributed by atoms with Crippen LogP contribution in [0.15, 0.2) is 42.5 Å². The molecular weight excluding hydrogens is 422 g/mol. The number of methoxy groups -OCH3 is 2. The predicted molar refractivity (Wildman–Crippen MR) is 125 cm³/mol. The van der Waals surface area contributed by atoms with E-state index in [4.69, 9.17) is 14.2 Å². The van der Waals surface area contributed by atoms with Gasteiger partial charge in [0.05, 0.1) is 26.9 Å². The van der Waals surface area contributed by atoms with E-state index in [1.54, 1.807) is 26.4 Å². The summed E-state index contributed by atoms with van der Waals surface area (Å²) >= 11 is 0. The molecule has 0 radical (unpaired) electrons. The standard InChI is InChI=1S/C25H33N3O5/c1-31-21-5-3-4-20(15-21)25(30)28-10-8-26(9-11-28)17-22-18-27(12-13-33-22)16-19-6-7-23(29)24(14-19)32-2/h3-7,14-15,22,29H,8-13,16-18H2,1-2H3. The topological polar surface area (TPSA) is 74.7 Å². The number of carbonyl (C=O) groups excluding carboxylic acids is 1. The molecule has 0 aliphatic carbocycles. The lowest BCUT2D eigenvalue weighted by Gasteiger charge is -2.39. The van der Waals surface area contributed by atoms with Crippen LogP contribution in [0.4, 0.5) is 0 Å². The van der Waals surface area contributed by atoms with Crippen molar-refractivity contribution >= 4 is 5.91 Å². The van der Waals surface area contributed by atoms with Gasteiger partial charge in [-0.05, 0) is 35.9 Å². The molecule has 2 aromatic rings. The molecule has 33 heavy (non-hydrogen) atoms. The third kappa shape index (κ3) is 5.96. The Balaban J connectivity index is 1.25. The fraction of sp³-hybridized carbons (Fsp3) is 0.480. The number of nitrogens with zero attached hydrogens (tertiary/aromatic N) is 3. The first-order valence-electron chi connectivity index (χ1n) is 11.4. The highest BCUT2D eigenvalue weighted by atomic mass is 16.5. The van der Waals surface area contributed by atoms with Crippen LogP contribution in [0.25, 0.3) is 0 Å². The lowest BCUT2D eigenvalue weighted by Crippen LogP contribution is -2.53. The van der Waals surface area contributed by atoms with Crippen molar-refractivity contribution in [3.05, 3.63) is 53.6 Å². The number of phenols is 1. The second-order valence-electron chi connectivity index (χ2n) is 8.56. The summed E-state index contributed by atoms with van der Waals surface area (Å²) in [5.74, 6) is 1.41. The first-order chi connectivity index (χ1) is 16.1. The quantitative estimate of drug-likeness (QED) is 0.685. The van der Waals surface area contributed by atoms with Gasteiger partial charge in [0.1, 0.15) is 5.75 Å². The number of ether oxygens (including phenoxy) is 3. The Labute approximate surface area is 195 Å². The maximum atomic E-state index is 12.8. The molecule has 2 aromatic carbocycles. The van der Waals surface area contributed by atoms with Crippen LogP contribution in [0.2, 0.25) is 0 Å². The van der Waals surface area contributed by atoms with Gasteiger partial charge in [-0.25, -0.2) is 0 Å². The summed E-state index contributed by atoms with van der Waals surface area (Å²) < 4.78 is 16.5. The zero-order chi connectivity index (χ0) is 23.2. The second kappa shape index (κ2) is 10.9. The zero-order valence-electron chi connectivity index (χ0n) is 19.4. The Morgan fingerprint density at radius 1 is 1.03 bits per heavy atom. The minimum Gasteiger partial charge on any atom is -0.504 e. The first-order valence-corrected chi connectivity index (χ1v) is 11.4. The number of piperazine rings is 1. The minimum atomic E-state index is 0.0537. The SMILES string of the molecule is COc1cccc(C(=O)N2CCN(CC3CN(Cc4ccc(O)c(OC)c4)CCO3)CC2)c1. The zero-order valence-corrected chi connectivity index (χ0v) is 19.4. The van der Waals surface area contributed by atoms with Crippen LogP contribution in [-0.2, 0) is 11.3 Å². The van der Waals surface area contributed by atoms with Crippen LogP contribution >= 0.6 is 0 Å². The van der Waals surface area contributed by atoms with Crippen molar-refractivity contribution < 1.29 is 24.1 Å². The highest BCUT2D eigenvalue weighted by Crippen LogP contribution is 2.27. The Hall–Kier alpha value is -2.81. The van der Waals surface area contributed by atoms with Crippen LogP contribution in [0.5, 0.6) is 17.2 Å². The molecule has 2 fully saturated rings. The molecular formula is C25H33N3O5. The molecule has 2 heterocycles. The number of hydrogen-bond acceptors (Lipinski definition) is 7. The summed E-state index contributed by atoms with van der Waals surface area (Å²) in [5.41, 5.74) is 1.77. The maximum absolute atomic E-state index is 12.8. The van der Waals surface area contributed by atoms with Crippen LogP contribution < -0.4 is 9.47 Å². The minimum absolute atomic E-state index is 0.0537. The normalized spacial score (nSPS) is 19.9. The van der Waals surface area contributed by atoms with Gasteiger partial charge in [-0.3, -0.25) is 14.6 Å². The molecule has 178 valence electrons. The van der Waals surface area contributed by atoms with Gasteiger partial charge in [0.25, 0.3) is 5.91 Å². The Morgan fingerprint density at radius 3 is 2.61 bits per heavy atom. The van der Waals surface area contributed by atoms with Crippen LogP contribution in [0.3, 0.4) is 0 Å². The third-order valence-electron chi connectivity index (χ3n) is 6.31. The molecule has 1 amide bonds. The number of rotatable bonds is 7. The molecule has 1 unspecified atom stereocenters. The van der Waals surface area contributed by atoms with Gasteiger partial charge in [0, 0.05) is 57.9 Å². The van der Waals surface area contributed by atoms with E-state index >= 15 is 0 Å². The first kappa shape index (κ1) is 23.4. The molecule has 0 spiro atoms. The molecule has 2 aliphatic rings. The van der Waals surface area contributed by atoms with Gasteiger partial charge in [0.15, 0.2) is 11.5 Å². The van der Waals surface area contributed by atoms with Crippen molar-refractivity contribution in [1.29, 1.82) is 0 Å². The second-order valence-corrected chi connectivity index (χ2v) is 8.56. The monoisotopic (exact) mass is 455 g/mol. The number of aromatic hydroxyl groups is 1. The molecule has 8 nitrogen and oxygen atoms in total. The Morgan fingerprint density at radius 2 is 1.85 bits per heavy atom. The van der Waals surface area contributed by atoms with E-state index in [2.05, 4.69) is 9.80 Å². The summed E-state index contributed by atoms with van der Waals surface area (Å²) in [7, 11) is 3.17. The van der Waals surface area contributed by atoms with Crippen LogP contribution in [-0.4, -0.2) is 98.5 Å². The van der Waals surface area contributed by atoms with Crippen molar-refractivity contribution in [2.45, 2.75) is 12.6 Å². The van der Waals surface area contributed by atoms with Crippen molar-refractivity contribution in [3.63, 3.8) is 0 Å². The maximum Gasteiger partial charge on any atom is 0.254 e. The van der Waals surface area contributed by atoms with Gasteiger partial charge in [-0.15, -0.1) is 0 Å².